The van der Waals surface area contributed by atoms with Crippen LogP contribution in [0.4, 0.5) is 0 Å². The molecule has 1 heterocycles. The summed E-state index contributed by atoms with van der Waals surface area (Å²) in [4.78, 5) is 42.6. The molecule has 3 fully saturated rings. The van der Waals surface area contributed by atoms with Crippen molar-refractivity contribution in [3.8, 4) is 0 Å². The normalized spacial score (nSPS) is 38.6. The Morgan fingerprint density at radius 1 is 1.03 bits per heavy atom. The number of esters is 3. The van der Waals surface area contributed by atoms with E-state index in [1.54, 1.807) is 20.8 Å². The maximum absolute atomic E-state index is 13.2. The number of carbonyl (C=O) groups is 3. The van der Waals surface area contributed by atoms with Crippen LogP contribution in [0, 0.1) is 10.8 Å². The molecule has 1 aliphatic heterocycles. The number of hydrogen-bond acceptors (Lipinski definition) is 8. The summed E-state index contributed by atoms with van der Waals surface area (Å²) in [5.74, 6) is -1.72. The maximum atomic E-state index is 13.2. The molecule has 3 aliphatic rings. The highest BCUT2D eigenvalue weighted by Crippen LogP contribution is 2.66. The Hall–Kier alpha value is -2.97. The van der Waals surface area contributed by atoms with Gasteiger partial charge in [-0.15, -0.1) is 0 Å². The molecule has 0 amide bonds. The van der Waals surface area contributed by atoms with Gasteiger partial charge in [-0.05, 0) is 43.7 Å². The lowest BCUT2D eigenvalue weighted by molar-refractivity contribution is -0.190. The van der Waals surface area contributed by atoms with E-state index in [1.807, 2.05) is 0 Å². The lowest BCUT2D eigenvalue weighted by atomic mass is 9.66. The van der Waals surface area contributed by atoms with Crippen molar-refractivity contribution in [3.63, 3.8) is 0 Å². The highest BCUT2D eigenvalue weighted by atomic mass is 16.6. The van der Waals surface area contributed by atoms with Gasteiger partial charge in [0.25, 0.3) is 0 Å². The van der Waals surface area contributed by atoms with Crippen LogP contribution in [0.3, 0.4) is 0 Å². The zero-order valence-corrected chi connectivity index (χ0v) is 17.3. The van der Waals surface area contributed by atoms with Crippen molar-refractivity contribution in [1.82, 2.24) is 0 Å². The predicted octanol–water partition coefficient (Wildman–Crippen LogP) is 3.10. The molecular weight excluding hydrogens is 396 g/mol. The smallest absolute Gasteiger partial charge is 0.351 e. The van der Waals surface area contributed by atoms with E-state index in [-0.39, 0.29) is 12.8 Å². The molecular formula is C18H24N6O6. The summed E-state index contributed by atoms with van der Waals surface area (Å²) in [6.07, 6.45) is -0.882. The number of rotatable bonds is 5. The topological polar surface area (TPSA) is 176 Å². The first kappa shape index (κ1) is 21.7. The standard InChI is InChI=1S/C18H24N6O6/c1-9(25)28-12-7-11(22-24-20)13(8-10(12)21-23-19)29-15(27)18-6-5-17(4,14(26)30-18)16(18,2)3/h10-13H,5-8H2,1-4H3/t10-,11+,12-,13+,17+,18-/m0/s1. The molecule has 12 heteroatoms. The molecule has 12 nitrogen and oxygen atoms in total. The van der Waals surface area contributed by atoms with Gasteiger partial charge in [-0.3, -0.25) is 9.59 Å². The van der Waals surface area contributed by atoms with Crippen molar-refractivity contribution < 1.29 is 28.6 Å². The molecule has 0 aromatic carbocycles. The SMILES string of the molecule is CC(=O)O[C@H]1C[C@@H](N=[N+]=[N-])[C@H](OC(=O)[C@]23CC[C@](C)(C(=O)O2)C3(C)C)C[C@@H]1N=[N+]=[N-]. The van der Waals surface area contributed by atoms with Gasteiger partial charge in [0, 0.05) is 22.2 Å². The highest BCUT2D eigenvalue weighted by molar-refractivity contribution is 5.93. The summed E-state index contributed by atoms with van der Waals surface area (Å²) in [6, 6.07) is -1.63. The molecule has 0 unspecified atom stereocenters. The third-order valence-corrected chi connectivity index (χ3v) is 7.19. The van der Waals surface area contributed by atoms with E-state index in [2.05, 4.69) is 20.1 Å². The van der Waals surface area contributed by atoms with Crippen LogP contribution < -0.4 is 0 Å². The first-order valence-electron chi connectivity index (χ1n) is 9.72. The van der Waals surface area contributed by atoms with E-state index in [0.717, 1.165) is 0 Å². The third kappa shape index (κ3) is 3.03. The second-order valence-corrected chi connectivity index (χ2v) is 8.78. The second-order valence-electron chi connectivity index (χ2n) is 8.78. The minimum Gasteiger partial charge on any atom is -0.462 e. The Balaban J connectivity index is 1.86. The van der Waals surface area contributed by atoms with Crippen LogP contribution in [0.2, 0.25) is 0 Å². The van der Waals surface area contributed by atoms with Crippen molar-refractivity contribution in [1.29, 1.82) is 0 Å². The van der Waals surface area contributed by atoms with Gasteiger partial charge in [-0.25, -0.2) is 4.79 Å². The van der Waals surface area contributed by atoms with E-state index in [4.69, 9.17) is 25.3 Å². The van der Waals surface area contributed by atoms with Crippen molar-refractivity contribution >= 4 is 17.9 Å². The quantitative estimate of drug-likeness (QED) is 0.217. The van der Waals surface area contributed by atoms with E-state index in [0.29, 0.717) is 12.8 Å². The van der Waals surface area contributed by atoms with Gasteiger partial charge >= 0.3 is 17.9 Å². The third-order valence-electron chi connectivity index (χ3n) is 7.19. The fourth-order valence-corrected chi connectivity index (χ4v) is 4.87. The van der Waals surface area contributed by atoms with Crippen LogP contribution in [0.5, 0.6) is 0 Å². The van der Waals surface area contributed by atoms with Crippen molar-refractivity contribution in [2.45, 2.75) is 83.3 Å². The average molecular weight is 420 g/mol. The van der Waals surface area contributed by atoms with Crippen molar-refractivity contribution in [2.75, 3.05) is 0 Å². The van der Waals surface area contributed by atoms with Crippen LogP contribution in [-0.2, 0) is 28.6 Å². The number of fused-ring (bicyclic) bond motifs is 2. The molecule has 2 bridgehead atoms. The molecule has 6 atom stereocenters. The van der Waals surface area contributed by atoms with Gasteiger partial charge in [-0.1, -0.05) is 24.1 Å². The number of hydrogen-bond donors (Lipinski definition) is 0. The summed E-state index contributed by atoms with van der Waals surface area (Å²) in [7, 11) is 0. The fourth-order valence-electron chi connectivity index (χ4n) is 4.87. The van der Waals surface area contributed by atoms with E-state index >= 15 is 0 Å². The number of carbonyl (C=O) groups excluding carboxylic acids is 3. The van der Waals surface area contributed by atoms with Gasteiger partial charge in [0.1, 0.15) is 12.2 Å². The van der Waals surface area contributed by atoms with Crippen LogP contribution in [-0.4, -0.2) is 47.8 Å². The first-order chi connectivity index (χ1) is 14.0. The van der Waals surface area contributed by atoms with Crippen LogP contribution in [0.25, 0.3) is 20.9 Å². The fraction of sp³-hybridized carbons (Fsp3) is 0.833. The molecule has 2 saturated carbocycles. The molecule has 0 N–H and O–H groups in total. The van der Waals surface area contributed by atoms with Gasteiger partial charge < -0.3 is 14.2 Å². The van der Waals surface area contributed by atoms with Crippen LogP contribution in [0.15, 0.2) is 10.2 Å². The monoisotopic (exact) mass is 420 g/mol. The number of nitrogens with zero attached hydrogens (tertiary/aromatic N) is 6. The Bertz CT molecular complexity index is 878. The summed E-state index contributed by atoms with van der Waals surface area (Å²) in [5.41, 5.74) is 14.8. The van der Waals surface area contributed by atoms with Gasteiger partial charge in [0.05, 0.1) is 17.5 Å². The molecule has 0 radical (unpaired) electrons. The summed E-state index contributed by atoms with van der Waals surface area (Å²) >= 11 is 0. The zero-order valence-electron chi connectivity index (χ0n) is 17.3. The van der Waals surface area contributed by atoms with E-state index in [9.17, 15) is 14.4 Å². The zero-order chi connectivity index (χ0) is 22.3. The van der Waals surface area contributed by atoms with Gasteiger partial charge in [0.15, 0.2) is 0 Å². The summed E-state index contributed by atoms with van der Waals surface area (Å²) in [6.45, 7) is 6.60. The molecule has 1 saturated heterocycles. The molecule has 0 aromatic heterocycles. The summed E-state index contributed by atoms with van der Waals surface area (Å²) in [5, 5.41) is 7.35. The maximum Gasteiger partial charge on any atom is 0.351 e. The lowest BCUT2D eigenvalue weighted by Crippen LogP contribution is -2.53. The van der Waals surface area contributed by atoms with Crippen LogP contribution >= 0.6 is 0 Å². The molecule has 162 valence electrons. The number of azide groups is 2. The van der Waals surface area contributed by atoms with Crippen molar-refractivity contribution in [3.05, 3.63) is 20.9 Å². The highest BCUT2D eigenvalue weighted by Gasteiger charge is 2.76. The molecule has 30 heavy (non-hydrogen) atoms. The Morgan fingerprint density at radius 2 is 1.57 bits per heavy atom. The minimum atomic E-state index is -1.43. The van der Waals surface area contributed by atoms with Crippen molar-refractivity contribution in [2.24, 2.45) is 21.1 Å². The molecule has 0 aromatic rings. The van der Waals surface area contributed by atoms with Gasteiger partial charge in [-0.2, -0.15) is 0 Å². The largest absolute Gasteiger partial charge is 0.462 e. The first-order valence-corrected chi connectivity index (χ1v) is 9.72. The Labute approximate surface area is 172 Å². The lowest BCUT2D eigenvalue weighted by Gasteiger charge is -2.39. The minimum absolute atomic E-state index is 0.000837. The number of ether oxygens (including phenoxy) is 3. The molecule has 0 spiro atoms. The summed E-state index contributed by atoms with van der Waals surface area (Å²) < 4.78 is 16.5. The Morgan fingerprint density at radius 3 is 1.97 bits per heavy atom. The van der Waals surface area contributed by atoms with E-state index in [1.165, 1.54) is 6.92 Å². The predicted molar refractivity (Wildman–Crippen MR) is 100 cm³/mol. The second kappa shape index (κ2) is 7.37. The molecule has 2 aliphatic carbocycles. The van der Waals surface area contributed by atoms with Crippen LogP contribution in [0.1, 0.15) is 53.4 Å². The molecule has 3 rings (SSSR count). The van der Waals surface area contributed by atoms with Gasteiger partial charge in [0.2, 0.25) is 5.60 Å². The average Bonchev–Trinajstić information content (AvgIpc) is 2.95. The van der Waals surface area contributed by atoms with E-state index < -0.39 is 58.6 Å². The Kier molecular flexibility index (Phi) is 5.34.